The van der Waals surface area contributed by atoms with E-state index in [4.69, 9.17) is 0 Å². The smallest absolute Gasteiger partial charge is 0.293 e. The third-order valence-electron chi connectivity index (χ3n) is 4.69. The summed E-state index contributed by atoms with van der Waals surface area (Å²) >= 11 is 1.17. The first-order chi connectivity index (χ1) is 13.8. The topological polar surface area (TPSA) is 72.2 Å². The van der Waals surface area contributed by atoms with Gasteiger partial charge in [0.05, 0.1) is 16.2 Å². The van der Waals surface area contributed by atoms with Crippen LogP contribution in [0.15, 0.2) is 42.6 Å². The van der Waals surface area contributed by atoms with Gasteiger partial charge in [-0.05, 0) is 18.2 Å². The van der Waals surface area contributed by atoms with Gasteiger partial charge in [0.15, 0.2) is 5.82 Å². The summed E-state index contributed by atoms with van der Waals surface area (Å²) in [6.07, 6.45) is -1.99. The summed E-state index contributed by atoms with van der Waals surface area (Å²) in [7, 11) is 0. The fourth-order valence-corrected chi connectivity index (χ4v) is 4.09. The van der Waals surface area contributed by atoms with Crippen molar-refractivity contribution in [2.75, 3.05) is 6.54 Å². The van der Waals surface area contributed by atoms with Crippen LogP contribution in [0.3, 0.4) is 0 Å². The third-order valence-corrected chi connectivity index (χ3v) is 5.71. The van der Waals surface area contributed by atoms with Crippen LogP contribution in [0.25, 0.3) is 11.4 Å². The number of halogens is 3. The molecule has 150 valence electrons. The number of nitrogens with zero attached hydrogens (tertiary/aromatic N) is 4. The predicted octanol–water partition coefficient (Wildman–Crippen LogP) is 4.69. The number of hydrogen-bond acceptors (Lipinski definition) is 6. The summed E-state index contributed by atoms with van der Waals surface area (Å²) < 4.78 is 38.1. The van der Waals surface area contributed by atoms with E-state index in [0.717, 1.165) is 34.8 Å². The van der Waals surface area contributed by atoms with Gasteiger partial charge in [-0.15, -0.1) is 0 Å². The first-order valence-corrected chi connectivity index (χ1v) is 9.59. The minimum Gasteiger partial charge on any atom is -0.293 e. The Morgan fingerprint density at radius 1 is 1.17 bits per heavy atom. The van der Waals surface area contributed by atoms with E-state index < -0.39 is 16.7 Å². The Morgan fingerprint density at radius 2 is 1.93 bits per heavy atom. The van der Waals surface area contributed by atoms with Crippen LogP contribution in [0.2, 0.25) is 0 Å². The lowest BCUT2D eigenvalue weighted by molar-refractivity contribution is -0.380. The van der Waals surface area contributed by atoms with E-state index in [9.17, 15) is 23.3 Å². The van der Waals surface area contributed by atoms with Crippen molar-refractivity contribution in [2.24, 2.45) is 0 Å². The van der Waals surface area contributed by atoms with E-state index >= 15 is 0 Å². The zero-order valence-electron chi connectivity index (χ0n) is 15.0. The Bertz CT molecular complexity index is 1050. The van der Waals surface area contributed by atoms with Crippen LogP contribution in [-0.4, -0.2) is 26.3 Å². The van der Waals surface area contributed by atoms with Crippen LogP contribution in [0, 0.1) is 10.1 Å². The Hall–Kier alpha value is -2.85. The average molecular weight is 420 g/mol. The highest BCUT2D eigenvalue weighted by atomic mass is 32.1. The summed E-state index contributed by atoms with van der Waals surface area (Å²) in [5.41, 5.74) is 1.67. The predicted molar refractivity (Wildman–Crippen MR) is 101 cm³/mol. The van der Waals surface area contributed by atoms with Crippen LogP contribution in [0.5, 0.6) is 0 Å². The maximum atomic E-state index is 12.7. The Balaban J connectivity index is 1.47. The molecule has 0 amide bonds. The standard InChI is InChI=1S/C19H15F3N4O2S/c20-19(21,22)14-3-1-12(2-4-14)18-23-9-13-10-25(8-7-16(13)24-18)11-15-5-6-17(29-15)26(27)28/h1-6,9H,7-8,10-11H2. The van der Waals surface area contributed by atoms with Gasteiger partial charge < -0.3 is 0 Å². The Kier molecular flexibility index (Phi) is 5.05. The molecular weight excluding hydrogens is 405 g/mol. The van der Waals surface area contributed by atoms with Crippen LogP contribution in [0.1, 0.15) is 21.7 Å². The molecule has 3 aromatic rings. The molecule has 6 nitrogen and oxygen atoms in total. The largest absolute Gasteiger partial charge is 0.416 e. The van der Waals surface area contributed by atoms with Crippen molar-refractivity contribution in [1.82, 2.24) is 14.9 Å². The molecule has 0 saturated carbocycles. The van der Waals surface area contributed by atoms with Gasteiger partial charge in [-0.2, -0.15) is 13.2 Å². The van der Waals surface area contributed by atoms with E-state index in [1.807, 2.05) is 0 Å². The van der Waals surface area contributed by atoms with Gasteiger partial charge in [0.25, 0.3) is 0 Å². The molecular formula is C19H15F3N4O2S. The molecule has 1 aliphatic heterocycles. The number of nitro groups is 1. The molecule has 0 radical (unpaired) electrons. The maximum Gasteiger partial charge on any atom is 0.416 e. The van der Waals surface area contributed by atoms with Crippen LogP contribution >= 0.6 is 11.3 Å². The lowest BCUT2D eigenvalue weighted by Gasteiger charge is -2.27. The van der Waals surface area contributed by atoms with Crippen molar-refractivity contribution in [3.63, 3.8) is 0 Å². The minimum atomic E-state index is -4.37. The summed E-state index contributed by atoms with van der Waals surface area (Å²) in [4.78, 5) is 22.4. The molecule has 3 heterocycles. The quantitative estimate of drug-likeness (QED) is 0.452. The summed E-state index contributed by atoms with van der Waals surface area (Å²) in [5.74, 6) is 0.403. The second-order valence-corrected chi connectivity index (χ2v) is 7.85. The van der Waals surface area contributed by atoms with E-state index in [0.29, 0.717) is 30.9 Å². The molecule has 29 heavy (non-hydrogen) atoms. The summed E-state index contributed by atoms with van der Waals surface area (Å²) in [6.45, 7) is 1.97. The van der Waals surface area contributed by atoms with E-state index in [1.165, 1.54) is 29.5 Å². The van der Waals surface area contributed by atoms with Crippen molar-refractivity contribution in [2.45, 2.75) is 25.7 Å². The number of thiophene rings is 1. The monoisotopic (exact) mass is 420 g/mol. The van der Waals surface area contributed by atoms with E-state index in [1.54, 1.807) is 12.3 Å². The van der Waals surface area contributed by atoms with Crippen molar-refractivity contribution in [1.29, 1.82) is 0 Å². The zero-order chi connectivity index (χ0) is 20.6. The molecule has 0 atom stereocenters. The lowest BCUT2D eigenvalue weighted by Crippen LogP contribution is -2.30. The molecule has 0 spiro atoms. The highest BCUT2D eigenvalue weighted by Crippen LogP contribution is 2.31. The SMILES string of the molecule is O=[N+]([O-])c1ccc(CN2CCc3nc(-c4ccc(C(F)(F)F)cc4)ncc3C2)s1. The molecule has 10 heteroatoms. The number of fused-ring (bicyclic) bond motifs is 1. The molecule has 2 aromatic heterocycles. The highest BCUT2D eigenvalue weighted by Gasteiger charge is 2.30. The van der Waals surface area contributed by atoms with Gasteiger partial charge in [0, 0.05) is 54.3 Å². The first-order valence-electron chi connectivity index (χ1n) is 8.77. The molecule has 0 N–H and O–H groups in total. The number of aromatic nitrogens is 2. The molecule has 4 rings (SSSR count). The zero-order valence-corrected chi connectivity index (χ0v) is 15.8. The second kappa shape index (κ2) is 7.53. The van der Waals surface area contributed by atoms with Gasteiger partial charge in [-0.25, -0.2) is 9.97 Å². The average Bonchev–Trinajstić information content (AvgIpc) is 3.16. The Morgan fingerprint density at radius 3 is 2.59 bits per heavy atom. The van der Waals surface area contributed by atoms with Crippen LogP contribution in [0.4, 0.5) is 18.2 Å². The summed E-state index contributed by atoms with van der Waals surface area (Å²) in [5, 5.41) is 10.9. The van der Waals surface area contributed by atoms with Crippen molar-refractivity contribution < 1.29 is 18.1 Å². The fraction of sp³-hybridized carbons (Fsp3) is 0.263. The van der Waals surface area contributed by atoms with E-state index in [-0.39, 0.29) is 5.00 Å². The first kappa shape index (κ1) is 19.5. The molecule has 0 saturated heterocycles. The molecule has 1 aromatic carbocycles. The van der Waals surface area contributed by atoms with Crippen molar-refractivity contribution in [3.05, 3.63) is 74.4 Å². The molecule has 0 bridgehead atoms. The highest BCUT2D eigenvalue weighted by molar-refractivity contribution is 7.15. The lowest BCUT2D eigenvalue weighted by atomic mass is 10.1. The van der Waals surface area contributed by atoms with Crippen molar-refractivity contribution in [3.8, 4) is 11.4 Å². The van der Waals surface area contributed by atoms with E-state index in [2.05, 4.69) is 14.9 Å². The molecule has 0 aliphatic carbocycles. The second-order valence-electron chi connectivity index (χ2n) is 6.70. The van der Waals surface area contributed by atoms with Crippen LogP contribution < -0.4 is 0 Å². The van der Waals surface area contributed by atoms with Crippen molar-refractivity contribution >= 4 is 16.3 Å². The van der Waals surface area contributed by atoms with Crippen LogP contribution in [-0.2, 0) is 25.7 Å². The van der Waals surface area contributed by atoms with Gasteiger partial charge in [0.1, 0.15) is 0 Å². The van der Waals surface area contributed by atoms with Gasteiger partial charge in [0.2, 0.25) is 0 Å². The normalized spacial score (nSPS) is 14.6. The number of alkyl halides is 3. The minimum absolute atomic E-state index is 0.127. The number of rotatable bonds is 4. The third kappa shape index (κ3) is 4.28. The number of hydrogen-bond donors (Lipinski definition) is 0. The van der Waals surface area contributed by atoms with Gasteiger partial charge >= 0.3 is 11.2 Å². The summed E-state index contributed by atoms with van der Waals surface area (Å²) in [6, 6.07) is 8.09. The fourth-order valence-electron chi connectivity index (χ4n) is 3.23. The Labute approximate surface area is 167 Å². The van der Waals surface area contributed by atoms with Gasteiger partial charge in [-0.1, -0.05) is 23.5 Å². The number of benzene rings is 1. The molecule has 1 aliphatic rings. The molecule has 0 unspecified atom stereocenters. The maximum absolute atomic E-state index is 12.7. The van der Waals surface area contributed by atoms with Gasteiger partial charge in [-0.3, -0.25) is 15.0 Å². The molecule has 0 fully saturated rings.